The Balaban J connectivity index is 1.69. The largest absolute Gasteiger partial charge is 0.382 e. The molecule has 3 rings (SSSR count). The minimum absolute atomic E-state index is 0.471. The molecule has 2 nitrogen and oxygen atoms in total. The SMILES string of the molecule is CC(Nc1cccc(C#N)c1)C1CC2C=CC1C2. The van der Waals surface area contributed by atoms with E-state index in [1.165, 1.54) is 12.8 Å². The lowest BCUT2D eigenvalue weighted by Crippen LogP contribution is -2.28. The number of hydrogen-bond donors (Lipinski definition) is 1. The van der Waals surface area contributed by atoms with Crippen molar-refractivity contribution >= 4 is 5.69 Å². The normalized spacial score (nSPS) is 30.1. The average molecular weight is 238 g/mol. The van der Waals surface area contributed by atoms with Gasteiger partial charge in [0.2, 0.25) is 0 Å². The molecule has 1 fully saturated rings. The van der Waals surface area contributed by atoms with Crippen molar-refractivity contribution in [3.05, 3.63) is 42.0 Å². The molecule has 4 unspecified atom stereocenters. The molecule has 1 aromatic rings. The van der Waals surface area contributed by atoms with Crippen LogP contribution in [-0.4, -0.2) is 6.04 Å². The van der Waals surface area contributed by atoms with Crippen molar-refractivity contribution in [2.45, 2.75) is 25.8 Å². The summed E-state index contributed by atoms with van der Waals surface area (Å²) in [6.45, 7) is 2.26. The van der Waals surface area contributed by atoms with Crippen LogP contribution >= 0.6 is 0 Å². The summed E-state index contributed by atoms with van der Waals surface area (Å²) in [6.07, 6.45) is 7.43. The Bertz CT molecular complexity index is 512. The van der Waals surface area contributed by atoms with Gasteiger partial charge in [0.25, 0.3) is 0 Å². The van der Waals surface area contributed by atoms with Crippen LogP contribution in [0.15, 0.2) is 36.4 Å². The first-order valence-corrected chi connectivity index (χ1v) is 6.71. The van der Waals surface area contributed by atoms with Gasteiger partial charge in [-0.2, -0.15) is 5.26 Å². The maximum Gasteiger partial charge on any atom is 0.0992 e. The zero-order chi connectivity index (χ0) is 12.5. The first-order valence-electron chi connectivity index (χ1n) is 6.71. The maximum absolute atomic E-state index is 8.91. The lowest BCUT2D eigenvalue weighted by atomic mass is 9.87. The van der Waals surface area contributed by atoms with E-state index in [0.29, 0.717) is 6.04 Å². The predicted molar refractivity (Wildman–Crippen MR) is 73.1 cm³/mol. The molecule has 18 heavy (non-hydrogen) atoms. The van der Waals surface area contributed by atoms with E-state index in [0.717, 1.165) is 29.0 Å². The Hall–Kier alpha value is -1.75. The molecule has 0 amide bonds. The molecule has 1 saturated carbocycles. The molecule has 2 aliphatic rings. The highest BCUT2D eigenvalue weighted by molar-refractivity contribution is 5.49. The monoisotopic (exact) mass is 238 g/mol. The van der Waals surface area contributed by atoms with Crippen LogP contribution in [0.3, 0.4) is 0 Å². The minimum atomic E-state index is 0.471. The number of nitrogens with one attached hydrogen (secondary N) is 1. The second-order valence-electron chi connectivity index (χ2n) is 5.57. The highest BCUT2D eigenvalue weighted by atomic mass is 14.9. The lowest BCUT2D eigenvalue weighted by molar-refractivity contribution is 0.400. The van der Waals surface area contributed by atoms with E-state index in [1.807, 2.05) is 24.3 Å². The van der Waals surface area contributed by atoms with Crippen molar-refractivity contribution in [3.8, 4) is 6.07 Å². The molecular weight excluding hydrogens is 220 g/mol. The molecule has 2 bridgehead atoms. The van der Waals surface area contributed by atoms with E-state index < -0.39 is 0 Å². The second-order valence-corrected chi connectivity index (χ2v) is 5.57. The van der Waals surface area contributed by atoms with Crippen molar-refractivity contribution in [2.24, 2.45) is 17.8 Å². The highest BCUT2D eigenvalue weighted by Gasteiger charge is 2.38. The first kappa shape index (κ1) is 11.3. The Morgan fingerprint density at radius 3 is 2.89 bits per heavy atom. The van der Waals surface area contributed by atoms with Gasteiger partial charge in [-0.25, -0.2) is 0 Å². The molecule has 0 saturated heterocycles. The molecule has 1 N–H and O–H groups in total. The van der Waals surface area contributed by atoms with Gasteiger partial charge in [-0.05, 0) is 55.7 Å². The summed E-state index contributed by atoms with van der Waals surface area (Å²) in [5.41, 5.74) is 1.79. The van der Waals surface area contributed by atoms with Crippen LogP contribution in [0.4, 0.5) is 5.69 Å². The number of fused-ring (bicyclic) bond motifs is 2. The van der Waals surface area contributed by atoms with Crippen LogP contribution in [0.2, 0.25) is 0 Å². The topological polar surface area (TPSA) is 35.8 Å². The second kappa shape index (κ2) is 4.49. The van der Waals surface area contributed by atoms with Crippen LogP contribution in [0.5, 0.6) is 0 Å². The Morgan fingerprint density at radius 2 is 2.22 bits per heavy atom. The summed E-state index contributed by atoms with van der Waals surface area (Å²) in [7, 11) is 0. The Morgan fingerprint density at radius 1 is 1.33 bits per heavy atom. The zero-order valence-electron chi connectivity index (χ0n) is 10.6. The van der Waals surface area contributed by atoms with Crippen molar-refractivity contribution in [3.63, 3.8) is 0 Å². The zero-order valence-corrected chi connectivity index (χ0v) is 10.6. The molecule has 4 atom stereocenters. The van der Waals surface area contributed by atoms with E-state index in [4.69, 9.17) is 5.26 Å². The maximum atomic E-state index is 8.91. The molecule has 0 radical (unpaired) electrons. The third-order valence-electron chi connectivity index (χ3n) is 4.36. The molecular formula is C16H18N2. The molecule has 2 aliphatic carbocycles. The minimum Gasteiger partial charge on any atom is -0.382 e. The number of anilines is 1. The summed E-state index contributed by atoms with van der Waals surface area (Å²) < 4.78 is 0. The summed E-state index contributed by atoms with van der Waals surface area (Å²) >= 11 is 0. The van der Waals surface area contributed by atoms with Gasteiger partial charge in [0.15, 0.2) is 0 Å². The molecule has 1 aromatic carbocycles. The van der Waals surface area contributed by atoms with Crippen molar-refractivity contribution in [2.75, 3.05) is 5.32 Å². The summed E-state index contributed by atoms with van der Waals surface area (Å²) in [6, 6.07) is 10.4. The van der Waals surface area contributed by atoms with Crippen LogP contribution in [0.1, 0.15) is 25.3 Å². The van der Waals surface area contributed by atoms with E-state index in [2.05, 4.69) is 30.5 Å². The van der Waals surface area contributed by atoms with Gasteiger partial charge in [0.05, 0.1) is 11.6 Å². The quantitative estimate of drug-likeness (QED) is 0.817. The average Bonchev–Trinajstić information content (AvgIpc) is 3.01. The van der Waals surface area contributed by atoms with Gasteiger partial charge in [-0.15, -0.1) is 0 Å². The van der Waals surface area contributed by atoms with Gasteiger partial charge in [0, 0.05) is 11.7 Å². The van der Waals surface area contributed by atoms with Crippen LogP contribution in [0.25, 0.3) is 0 Å². The molecule has 0 heterocycles. The molecule has 92 valence electrons. The van der Waals surface area contributed by atoms with Crippen molar-refractivity contribution in [1.82, 2.24) is 0 Å². The van der Waals surface area contributed by atoms with Gasteiger partial charge in [0.1, 0.15) is 0 Å². The number of nitriles is 1. The van der Waals surface area contributed by atoms with E-state index >= 15 is 0 Å². The third kappa shape index (κ3) is 2.01. The fourth-order valence-corrected chi connectivity index (χ4v) is 3.45. The highest BCUT2D eigenvalue weighted by Crippen LogP contribution is 2.45. The number of hydrogen-bond acceptors (Lipinski definition) is 2. The van der Waals surface area contributed by atoms with Gasteiger partial charge < -0.3 is 5.32 Å². The van der Waals surface area contributed by atoms with E-state index in [1.54, 1.807) is 0 Å². The lowest BCUT2D eigenvalue weighted by Gasteiger charge is -2.27. The first-order chi connectivity index (χ1) is 8.76. The fraction of sp³-hybridized carbons (Fsp3) is 0.438. The summed E-state index contributed by atoms with van der Waals surface area (Å²) in [5, 5.41) is 12.5. The number of allylic oxidation sites excluding steroid dienone is 2. The van der Waals surface area contributed by atoms with Crippen LogP contribution in [-0.2, 0) is 0 Å². The van der Waals surface area contributed by atoms with Crippen LogP contribution in [0, 0.1) is 29.1 Å². The van der Waals surface area contributed by atoms with Crippen molar-refractivity contribution < 1.29 is 0 Å². The third-order valence-corrected chi connectivity index (χ3v) is 4.36. The number of nitrogens with zero attached hydrogens (tertiary/aromatic N) is 1. The van der Waals surface area contributed by atoms with E-state index in [-0.39, 0.29) is 0 Å². The number of rotatable bonds is 3. The molecule has 0 spiro atoms. The molecule has 0 aromatic heterocycles. The summed E-state index contributed by atoms with van der Waals surface area (Å²) in [4.78, 5) is 0. The fourth-order valence-electron chi connectivity index (χ4n) is 3.45. The smallest absolute Gasteiger partial charge is 0.0992 e. The Labute approximate surface area is 108 Å². The van der Waals surface area contributed by atoms with Crippen LogP contribution < -0.4 is 5.32 Å². The molecule has 2 heteroatoms. The number of benzene rings is 1. The van der Waals surface area contributed by atoms with Gasteiger partial charge in [-0.3, -0.25) is 0 Å². The van der Waals surface area contributed by atoms with Gasteiger partial charge in [-0.1, -0.05) is 18.2 Å². The van der Waals surface area contributed by atoms with E-state index in [9.17, 15) is 0 Å². The summed E-state index contributed by atoms with van der Waals surface area (Å²) in [5.74, 6) is 2.32. The van der Waals surface area contributed by atoms with Crippen molar-refractivity contribution in [1.29, 1.82) is 5.26 Å². The standard InChI is InChI=1S/C16H18N2/c1-11(16-9-12-5-6-14(16)7-12)18-15-4-2-3-13(8-15)10-17/h2-6,8,11-12,14,16,18H,7,9H2,1H3. The predicted octanol–water partition coefficient (Wildman–Crippen LogP) is 3.57. The van der Waals surface area contributed by atoms with Gasteiger partial charge >= 0.3 is 0 Å². The molecule has 0 aliphatic heterocycles. The Kier molecular flexibility index (Phi) is 2.83.